The fourth-order valence-electron chi connectivity index (χ4n) is 4.06. The van der Waals surface area contributed by atoms with Gasteiger partial charge in [-0.2, -0.15) is 0 Å². The van der Waals surface area contributed by atoms with Gasteiger partial charge < -0.3 is 14.4 Å². The van der Waals surface area contributed by atoms with Crippen molar-refractivity contribution in [2.24, 2.45) is 5.92 Å². The molecule has 156 valence electrons. The number of fused-ring (bicyclic) bond motifs is 1. The van der Waals surface area contributed by atoms with Gasteiger partial charge in [-0.25, -0.2) is 0 Å². The molecule has 5 nitrogen and oxygen atoms in total. The van der Waals surface area contributed by atoms with E-state index < -0.39 is 5.54 Å². The van der Waals surface area contributed by atoms with Crippen LogP contribution in [-0.4, -0.2) is 44.8 Å². The number of aromatic nitrogens is 1. The summed E-state index contributed by atoms with van der Waals surface area (Å²) in [6.45, 7) is 13.3. The van der Waals surface area contributed by atoms with Crippen molar-refractivity contribution >= 4 is 11.8 Å². The third kappa shape index (κ3) is 4.24. The van der Waals surface area contributed by atoms with E-state index in [2.05, 4.69) is 35.9 Å². The summed E-state index contributed by atoms with van der Waals surface area (Å²) in [6.07, 6.45) is 2.08. The molecule has 5 heteroatoms. The number of carbonyl (C=O) groups excluding carboxylic acids is 2. The summed E-state index contributed by atoms with van der Waals surface area (Å²) in [6, 6.07) is 12.2. The average Bonchev–Trinajstić information content (AvgIpc) is 3.13. The van der Waals surface area contributed by atoms with Crippen LogP contribution >= 0.6 is 0 Å². The Hall–Kier alpha value is -2.56. The number of nitrogens with zero attached hydrogens (tertiary/aromatic N) is 3. The fourth-order valence-corrected chi connectivity index (χ4v) is 4.06. The molecule has 1 aliphatic rings. The second kappa shape index (κ2) is 8.05. The van der Waals surface area contributed by atoms with E-state index >= 15 is 0 Å². The van der Waals surface area contributed by atoms with Crippen molar-refractivity contribution in [2.45, 2.75) is 59.7 Å². The molecule has 29 heavy (non-hydrogen) atoms. The van der Waals surface area contributed by atoms with Crippen molar-refractivity contribution in [3.05, 3.63) is 59.4 Å². The first kappa shape index (κ1) is 21.2. The Morgan fingerprint density at radius 3 is 2.41 bits per heavy atom. The molecule has 0 bridgehead atoms. The summed E-state index contributed by atoms with van der Waals surface area (Å²) in [5.41, 5.74) is 3.01. The molecule has 0 unspecified atom stereocenters. The van der Waals surface area contributed by atoms with E-state index in [0.29, 0.717) is 6.54 Å². The van der Waals surface area contributed by atoms with Crippen molar-refractivity contribution in [2.75, 3.05) is 13.1 Å². The minimum Gasteiger partial charge on any atom is -0.348 e. The highest BCUT2D eigenvalue weighted by Gasteiger charge is 2.36. The van der Waals surface area contributed by atoms with Gasteiger partial charge in [0.2, 0.25) is 11.8 Å². The Kier molecular flexibility index (Phi) is 5.87. The Bertz CT molecular complexity index is 892. The van der Waals surface area contributed by atoms with Gasteiger partial charge in [0.15, 0.2) is 0 Å². The molecule has 0 saturated carbocycles. The Morgan fingerprint density at radius 2 is 1.79 bits per heavy atom. The summed E-state index contributed by atoms with van der Waals surface area (Å²) >= 11 is 0. The topological polar surface area (TPSA) is 45.6 Å². The van der Waals surface area contributed by atoms with Crippen LogP contribution in [0.3, 0.4) is 0 Å². The first-order chi connectivity index (χ1) is 13.6. The van der Waals surface area contributed by atoms with E-state index in [1.165, 1.54) is 0 Å². The number of benzene rings is 1. The second-order valence-corrected chi connectivity index (χ2v) is 9.22. The van der Waals surface area contributed by atoms with Crippen LogP contribution in [-0.2, 0) is 16.1 Å². The molecule has 0 spiro atoms. The maximum absolute atomic E-state index is 13.5. The van der Waals surface area contributed by atoms with E-state index in [9.17, 15) is 9.59 Å². The minimum atomic E-state index is -0.412. The van der Waals surface area contributed by atoms with E-state index in [1.807, 2.05) is 57.7 Å². The van der Waals surface area contributed by atoms with Gasteiger partial charge in [-0.05, 0) is 51.0 Å². The molecule has 1 atom stereocenters. The molecular weight excluding hydrogens is 362 g/mol. The summed E-state index contributed by atoms with van der Waals surface area (Å²) < 4.78 is 2.22. The number of hydrogen-bond donors (Lipinski definition) is 0. The standard InChI is InChI=1S/C24H33N3O2/c1-17(2)23(29)27(24(4,5)6)16-21(28)26-15-14-25-13-9-12-20(25)22(26)19-11-8-7-10-18(19)3/h7-13,17,22H,14-16H2,1-6H3/t22-/m0/s1. The van der Waals surface area contributed by atoms with Crippen LogP contribution in [0, 0.1) is 12.8 Å². The van der Waals surface area contributed by atoms with Crippen molar-refractivity contribution in [1.82, 2.24) is 14.4 Å². The van der Waals surface area contributed by atoms with Crippen molar-refractivity contribution in [3.63, 3.8) is 0 Å². The summed E-state index contributed by atoms with van der Waals surface area (Å²) in [4.78, 5) is 30.0. The molecule has 0 fully saturated rings. The second-order valence-electron chi connectivity index (χ2n) is 9.22. The highest BCUT2D eigenvalue weighted by molar-refractivity contribution is 5.86. The first-order valence-electron chi connectivity index (χ1n) is 10.4. The molecule has 2 heterocycles. The molecular formula is C24H33N3O2. The van der Waals surface area contributed by atoms with Gasteiger partial charge in [-0.15, -0.1) is 0 Å². The van der Waals surface area contributed by atoms with E-state index in [-0.39, 0.29) is 30.3 Å². The lowest BCUT2D eigenvalue weighted by Gasteiger charge is -2.41. The lowest BCUT2D eigenvalue weighted by atomic mass is 9.95. The molecule has 3 rings (SSSR count). The lowest BCUT2D eigenvalue weighted by Crippen LogP contribution is -2.54. The Labute approximate surface area is 174 Å². The summed E-state index contributed by atoms with van der Waals surface area (Å²) in [5, 5.41) is 0. The largest absolute Gasteiger partial charge is 0.348 e. The monoisotopic (exact) mass is 395 g/mol. The van der Waals surface area contributed by atoms with Gasteiger partial charge in [0.25, 0.3) is 0 Å². The number of amides is 2. The molecule has 2 amide bonds. The molecule has 0 N–H and O–H groups in total. The van der Waals surface area contributed by atoms with Crippen LogP contribution in [0.25, 0.3) is 0 Å². The van der Waals surface area contributed by atoms with Crippen LogP contribution in [0.15, 0.2) is 42.6 Å². The minimum absolute atomic E-state index is 0.00497. The van der Waals surface area contributed by atoms with Gasteiger partial charge in [-0.3, -0.25) is 9.59 Å². The quantitative estimate of drug-likeness (QED) is 0.785. The van der Waals surface area contributed by atoms with Crippen molar-refractivity contribution in [1.29, 1.82) is 0 Å². The van der Waals surface area contributed by atoms with Gasteiger partial charge in [0, 0.05) is 36.4 Å². The molecule has 1 aliphatic heterocycles. The van der Waals surface area contributed by atoms with Crippen molar-refractivity contribution in [3.8, 4) is 0 Å². The van der Waals surface area contributed by atoms with Crippen LogP contribution in [0.1, 0.15) is 57.5 Å². The Morgan fingerprint density at radius 1 is 1.10 bits per heavy atom. The van der Waals surface area contributed by atoms with Crippen LogP contribution in [0.4, 0.5) is 0 Å². The molecule has 0 aliphatic carbocycles. The van der Waals surface area contributed by atoms with Gasteiger partial charge in [-0.1, -0.05) is 38.1 Å². The van der Waals surface area contributed by atoms with Gasteiger partial charge in [0.1, 0.15) is 6.54 Å². The highest BCUT2D eigenvalue weighted by atomic mass is 16.2. The first-order valence-corrected chi connectivity index (χ1v) is 10.4. The average molecular weight is 396 g/mol. The third-order valence-electron chi connectivity index (χ3n) is 5.70. The van der Waals surface area contributed by atoms with Gasteiger partial charge >= 0.3 is 0 Å². The predicted molar refractivity (Wildman–Crippen MR) is 115 cm³/mol. The number of rotatable bonds is 4. The number of aryl methyl sites for hydroxylation is 1. The van der Waals surface area contributed by atoms with E-state index in [4.69, 9.17) is 0 Å². The molecule has 1 aromatic carbocycles. The predicted octanol–water partition coefficient (Wildman–Crippen LogP) is 4.01. The Balaban J connectivity index is 1.96. The van der Waals surface area contributed by atoms with Crippen LogP contribution in [0.2, 0.25) is 0 Å². The third-order valence-corrected chi connectivity index (χ3v) is 5.70. The zero-order valence-corrected chi connectivity index (χ0v) is 18.5. The maximum Gasteiger partial charge on any atom is 0.243 e. The molecule has 0 saturated heterocycles. The fraction of sp³-hybridized carbons (Fsp3) is 0.500. The van der Waals surface area contributed by atoms with Gasteiger partial charge in [0.05, 0.1) is 6.04 Å². The van der Waals surface area contributed by atoms with E-state index in [0.717, 1.165) is 23.4 Å². The van der Waals surface area contributed by atoms with Crippen LogP contribution < -0.4 is 0 Å². The maximum atomic E-state index is 13.5. The highest BCUT2D eigenvalue weighted by Crippen LogP contribution is 2.34. The van der Waals surface area contributed by atoms with Crippen molar-refractivity contribution < 1.29 is 9.59 Å². The smallest absolute Gasteiger partial charge is 0.243 e. The van der Waals surface area contributed by atoms with E-state index in [1.54, 1.807) is 4.90 Å². The number of carbonyl (C=O) groups is 2. The van der Waals surface area contributed by atoms with Crippen LogP contribution in [0.5, 0.6) is 0 Å². The molecule has 0 radical (unpaired) electrons. The molecule has 2 aromatic rings. The zero-order chi connectivity index (χ0) is 21.3. The number of hydrogen-bond acceptors (Lipinski definition) is 2. The SMILES string of the molecule is Cc1ccccc1[C@H]1c2cccn2CCN1C(=O)CN(C(=O)C(C)C)C(C)(C)C. The molecule has 1 aromatic heterocycles. The summed E-state index contributed by atoms with van der Waals surface area (Å²) in [7, 11) is 0. The zero-order valence-electron chi connectivity index (χ0n) is 18.5. The summed E-state index contributed by atoms with van der Waals surface area (Å²) in [5.74, 6) is -0.138. The normalized spacial score (nSPS) is 16.7. The lowest BCUT2D eigenvalue weighted by molar-refractivity contribution is -0.148.